The molecule has 1 aliphatic rings. The van der Waals surface area contributed by atoms with Gasteiger partial charge >= 0.3 is 0 Å². The molecule has 20 heavy (non-hydrogen) atoms. The summed E-state index contributed by atoms with van der Waals surface area (Å²) in [5, 5.41) is 0. The molecule has 1 unspecified atom stereocenters. The molecule has 1 aliphatic heterocycles. The van der Waals surface area contributed by atoms with Gasteiger partial charge in [-0.2, -0.15) is 0 Å². The Bertz CT molecular complexity index is 447. The Morgan fingerprint density at radius 3 is 2.90 bits per heavy atom. The van der Waals surface area contributed by atoms with Crippen LogP contribution in [0.3, 0.4) is 0 Å². The van der Waals surface area contributed by atoms with E-state index in [0.29, 0.717) is 25.7 Å². The largest absolute Gasteiger partial charge is 0.382 e. The average molecular weight is 277 g/mol. The Balaban J connectivity index is 1.83. The number of likely N-dealkylation sites (tertiary alicyclic amines) is 1. The number of methoxy groups -OCH3 is 1. The van der Waals surface area contributed by atoms with E-state index in [4.69, 9.17) is 9.47 Å². The van der Waals surface area contributed by atoms with E-state index in [9.17, 15) is 4.79 Å². The van der Waals surface area contributed by atoms with Gasteiger partial charge in [-0.05, 0) is 25.0 Å². The number of nitrogens with zero attached hydrogens (tertiary/aromatic N) is 1. The van der Waals surface area contributed by atoms with Crippen LogP contribution in [0.1, 0.15) is 22.3 Å². The van der Waals surface area contributed by atoms with Crippen LogP contribution in [0.25, 0.3) is 0 Å². The average Bonchev–Trinajstić information content (AvgIpc) is 2.92. The molecule has 110 valence electrons. The molecule has 1 saturated heterocycles. The van der Waals surface area contributed by atoms with Crippen LogP contribution in [0.5, 0.6) is 0 Å². The van der Waals surface area contributed by atoms with Crippen LogP contribution in [0, 0.1) is 12.8 Å². The molecule has 0 aromatic heterocycles. The van der Waals surface area contributed by atoms with Crippen molar-refractivity contribution in [2.45, 2.75) is 13.3 Å². The summed E-state index contributed by atoms with van der Waals surface area (Å²) in [6.07, 6.45) is 1.02. The Kier molecular flexibility index (Phi) is 5.56. The maximum atomic E-state index is 12.5. The number of aryl methyl sites for hydroxylation is 1. The smallest absolute Gasteiger partial charge is 0.254 e. The second kappa shape index (κ2) is 7.41. The molecule has 4 heteroatoms. The first-order valence-electron chi connectivity index (χ1n) is 7.14. The molecule has 0 N–H and O–H groups in total. The molecule has 0 saturated carbocycles. The fraction of sp³-hybridized carbons (Fsp3) is 0.562. The number of benzene rings is 1. The van der Waals surface area contributed by atoms with E-state index in [1.165, 1.54) is 0 Å². The van der Waals surface area contributed by atoms with Crippen LogP contribution < -0.4 is 0 Å². The Morgan fingerprint density at radius 2 is 2.15 bits per heavy atom. The molecule has 1 atom stereocenters. The summed E-state index contributed by atoms with van der Waals surface area (Å²) < 4.78 is 10.5. The van der Waals surface area contributed by atoms with Crippen molar-refractivity contribution in [1.29, 1.82) is 0 Å². The number of carbonyl (C=O) groups excluding carboxylic acids is 1. The normalized spacial score (nSPS) is 18.5. The Morgan fingerprint density at radius 1 is 1.35 bits per heavy atom. The van der Waals surface area contributed by atoms with Gasteiger partial charge in [0.05, 0.1) is 19.8 Å². The van der Waals surface area contributed by atoms with Crippen molar-refractivity contribution in [3.63, 3.8) is 0 Å². The van der Waals surface area contributed by atoms with Crippen molar-refractivity contribution in [1.82, 2.24) is 4.90 Å². The Hall–Kier alpha value is -1.39. The lowest BCUT2D eigenvalue weighted by Crippen LogP contribution is -2.29. The summed E-state index contributed by atoms with van der Waals surface area (Å²) in [5.41, 5.74) is 1.85. The number of hydrogen-bond donors (Lipinski definition) is 0. The third kappa shape index (κ3) is 3.81. The van der Waals surface area contributed by atoms with Crippen molar-refractivity contribution in [3.05, 3.63) is 35.4 Å². The van der Waals surface area contributed by atoms with E-state index >= 15 is 0 Å². The topological polar surface area (TPSA) is 38.8 Å². The lowest BCUT2D eigenvalue weighted by molar-refractivity contribution is 0.0515. The fourth-order valence-corrected chi connectivity index (χ4v) is 2.53. The first-order chi connectivity index (χ1) is 9.72. The molecular formula is C16H23NO3. The zero-order valence-corrected chi connectivity index (χ0v) is 12.3. The highest BCUT2D eigenvalue weighted by Crippen LogP contribution is 2.20. The van der Waals surface area contributed by atoms with Gasteiger partial charge in [-0.1, -0.05) is 18.2 Å². The molecule has 0 bridgehead atoms. The van der Waals surface area contributed by atoms with Crippen LogP contribution in [-0.4, -0.2) is 50.8 Å². The third-order valence-electron chi connectivity index (χ3n) is 3.73. The minimum atomic E-state index is 0.141. The summed E-state index contributed by atoms with van der Waals surface area (Å²) in [7, 11) is 1.67. The molecule has 1 aromatic rings. The van der Waals surface area contributed by atoms with Gasteiger partial charge in [0.25, 0.3) is 5.91 Å². The van der Waals surface area contributed by atoms with Gasteiger partial charge in [0.1, 0.15) is 0 Å². The van der Waals surface area contributed by atoms with Crippen molar-refractivity contribution in [3.8, 4) is 0 Å². The zero-order valence-electron chi connectivity index (χ0n) is 12.3. The molecule has 1 fully saturated rings. The maximum absolute atomic E-state index is 12.5. The minimum absolute atomic E-state index is 0.141. The monoisotopic (exact) mass is 277 g/mol. The van der Waals surface area contributed by atoms with E-state index in [0.717, 1.165) is 30.6 Å². The van der Waals surface area contributed by atoms with E-state index in [1.807, 2.05) is 36.1 Å². The highest BCUT2D eigenvalue weighted by atomic mass is 16.5. The Labute approximate surface area is 120 Å². The van der Waals surface area contributed by atoms with Gasteiger partial charge in [0.15, 0.2) is 0 Å². The van der Waals surface area contributed by atoms with Gasteiger partial charge in [-0.3, -0.25) is 4.79 Å². The quantitative estimate of drug-likeness (QED) is 0.748. The van der Waals surface area contributed by atoms with Gasteiger partial charge in [-0.25, -0.2) is 0 Å². The number of rotatable bonds is 6. The number of ether oxygens (including phenoxy) is 2. The number of carbonyl (C=O) groups is 1. The highest BCUT2D eigenvalue weighted by molar-refractivity contribution is 5.95. The molecule has 1 aromatic carbocycles. The molecule has 1 amide bonds. The summed E-state index contributed by atoms with van der Waals surface area (Å²) in [6.45, 7) is 5.55. The van der Waals surface area contributed by atoms with E-state index in [2.05, 4.69) is 0 Å². The first-order valence-corrected chi connectivity index (χ1v) is 7.14. The van der Waals surface area contributed by atoms with E-state index in [1.54, 1.807) is 7.11 Å². The van der Waals surface area contributed by atoms with Crippen LogP contribution in [0.2, 0.25) is 0 Å². The summed E-state index contributed by atoms with van der Waals surface area (Å²) in [6, 6.07) is 7.76. The summed E-state index contributed by atoms with van der Waals surface area (Å²) in [5.74, 6) is 0.585. The van der Waals surface area contributed by atoms with Crippen LogP contribution in [0.4, 0.5) is 0 Å². The van der Waals surface area contributed by atoms with Crippen LogP contribution >= 0.6 is 0 Å². The van der Waals surface area contributed by atoms with Crippen molar-refractivity contribution in [2.24, 2.45) is 5.92 Å². The van der Waals surface area contributed by atoms with Gasteiger partial charge in [-0.15, -0.1) is 0 Å². The lowest BCUT2D eigenvalue weighted by atomic mass is 10.1. The van der Waals surface area contributed by atoms with E-state index < -0.39 is 0 Å². The van der Waals surface area contributed by atoms with Crippen LogP contribution in [0.15, 0.2) is 24.3 Å². The van der Waals surface area contributed by atoms with Crippen LogP contribution in [-0.2, 0) is 9.47 Å². The minimum Gasteiger partial charge on any atom is -0.382 e. The SMILES string of the molecule is COCCOCC1CCN(C(=O)c2ccccc2C)C1. The number of amides is 1. The van der Waals surface area contributed by atoms with Gasteiger partial charge in [0, 0.05) is 31.7 Å². The van der Waals surface area contributed by atoms with Crippen molar-refractivity contribution < 1.29 is 14.3 Å². The first kappa shape index (κ1) is 15.0. The predicted octanol–water partition coefficient (Wildman–Crippen LogP) is 2.12. The summed E-state index contributed by atoms with van der Waals surface area (Å²) >= 11 is 0. The summed E-state index contributed by atoms with van der Waals surface area (Å²) in [4.78, 5) is 14.4. The third-order valence-corrected chi connectivity index (χ3v) is 3.73. The fourth-order valence-electron chi connectivity index (χ4n) is 2.53. The second-order valence-electron chi connectivity index (χ2n) is 5.29. The van der Waals surface area contributed by atoms with E-state index in [-0.39, 0.29) is 5.91 Å². The zero-order chi connectivity index (χ0) is 14.4. The number of hydrogen-bond acceptors (Lipinski definition) is 3. The van der Waals surface area contributed by atoms with Crippen molar-refractivity contribution >= 4 is 5.91 Å². The highest BCUT2D eigenvalue weighted by Gasteiger charge is 2.27. The molecule has 2 rings (SSSR count). The predicted molar refractivity (Wildman–Crippen MR) is 77.9 cm³/mol. The van der Waals surface area contributed by atoms with Gasteiger partial charge < -0.3 is 14.4 Å². The molecule has 0 radical (unpaired) electrons. The maximum Gasteiger partial charge on any atom is 0.254 e. The standard InChI is InChI=1S/C16H23NO3/c1-13-5-3-4-6-15(13)16(18)17-8-7-14(11-17)12-20-10-9-19-2/h3-6,14H,7-12H2,1-2H3. The molecular weight excluding hydrogens is 254 g/mol. The second-order valence-corrected chi connectivity index (χ2v) is 5.29. The molecule has 4 nitrogen and oxygen atoms in total. The lowest BCUT2D eigenvalue weighted by Gasteiger charge is -2.18. The molecule has 0 spiro atoms. The molecule has 1 heterocycles. The molecule has 0 aliphatic carbocycles. The van der Waals surface area contributed by atoms with Gasteiger partial charge in [0.2, 0.25) is 0 Å². The van der Waals surface area contributed by atoms with Crippen molar-refractivity contribution in [2.75, 3.05) is 40.0 Å².